The number of methoxy groups -OCH3 is 2. The van der Waals surface area contributed by atoms with Crippen molar-refractivity contribution in [2.24, 2.45) is 5.41 Å². The molecule has 2 rings (SSSR count). The van der Waals surface area contributed by atoms with Gasteiger partial charge in [-0.1, -0.05) is 6.07 Å². The molecule has 0 heterocycles. The van der Waals surface area contributed by atoms with Crippen molar-refractivity contribution in [2.45, 2.75) is 25.8 Å². The van der Waals surface area contributed by atoms with Gasteiger partial charge in [0.1, 0.15) is 0 Å². The Kier molecular flexibility index (Phi) is 4.94. The number of hydrogen-bond acceptors (Lipinski definition) is 3. The van der Waals surface area contributed by atoms with Gasteiger partial charge in [-0.15, -0.1) is 11.6 Å². The topological polar surface area (TPSA) is 30.5 Å². The van der Waals surface area contributed by atoms with Gasteiger partial charge in [0.25, 0.3) is 0 Å². The van der Waals surface area contributed by atoms with Crippen LogP contribution in [0.5, 0.6) is 11.5 Å². The van der Waals surface area contributed by atoms with Crippen molar-refractivity contribution in [2.75, 3.05) is 26.6 Å². The summed E-state index contributed by atoms with van der Waals surface area (Å²) in [7, 11) is 3.31. The van der Waals surface area contributed by atoms with Crippen LogP contribution < -0.4 is 14.8 Å². The molecule has 0 unspecified atom stereocenters. The van der Waals surface area contributed by atoms with E-state index in [1.165, 1.54) is 18.4 Å². The Morgan fingerprint density at radius 1 is 1.21 bits per heavy atom. The van der Waals surface area contributed by atoms with Crippen molar-refractivity contribution in [3.8, 4) is 11.5 Å². The van der Waals surface area contributed by atoms with E-state index in [1.807, 2.05) is 12.1 Å². The van der Waals surface area contributed by atoms with Gasteiger partial charge in [0.05, 0.1) is 14.2 Å². The highest BCUT2D eigenvalue weighted by Gasteiger charge is 2.40. The Bertz CT molecular complexity index is 419. The lowest BCUT2D eigenvalue weighted by molar-refractivity contribution is 0.354. The first-order valence-electron chi connectivity index (χ1n) is 6.70. The molecule has 0 aromatic heterocycles. The molecule has 0 spiro atoms. The Labute approximate surface area is 120 Å². The molecule has 19 heavy (non-hydrogen) atoms. The largest absolute Gasteiger partial charge is 0.493 e. The highest BCUT2D eigenvalue weighted by molar-refractivity contribution is 6.17. The zero-order valence-electron chi connectivity index (χ0n) is 11.7. The number of ether oxygens (including phenoxy) is 2. The van der Waals surface area contributed by atoms with Crippen LogP contribution in [-0.4, -0.2) is 26.6 Å². The van der Waals surface area contributed by atoms with E-state index in [0.29, 0.717) is 5.41 Å². The molecule has 1 aliphatic rings. The van der Waals surface area contributed by atoms with Crippen LogP contribution in [0.15, 0.2) is 18.2 Å². The van der Waals surface area contributed by atoms with Gasteiger partial charge in [0.2, 0.25) is 0 Å². The van der Waals surface area contributed by atoms with Gasteiger partial charge in [0.15, 0.2) is 11.5 Å². The Hall–Kier alpha value is -0.930. The standard InChI is InChI=1S/C15H22ClNO2/c1-18-13-4-3-12(9-14(13)19-2)10-17-11-15(5-6-15)7-8-16/h3-4,9,17H,5-8,10-11H2,1-2H3. The minimum atomic E-state index is 0.471. The maximum absolute atomic E-state index is 5.84. The van der Waals surface area contributed by atoms with E-state index in [1.54, 1.807) is 14.2 Å². The second kappa shape index (κ2) is 6.49. The maximum Gasteiger partial charge on any atom is 0.161 e. The monoisotopic (exact) mass is 283 g/mol. The molecule has 0 bridgehead atoms. The predicted molar refractivity (Wildman–Crippen MR) is 78.3 cm³/mol. The van der Waals surface area contributed by atoms with Crippen LogP contribution in [0.3, 0.4) is 0 Å². The quantitative estimate of drug-likeness (QED) is 0.743. The molecule has 0 saturated heterocycles. The van der Waals surface area contributed by atoms with Gasteiger partial charge in [-0.25, -0.2) is 0 Å². The van der Waals surface area contributed by atoms with Crippen molar-refractivity contribution < 1.29 is 9.47 Å². The molecule has 1 fully saturated rings. The zero-order valence-corrected chi connectivity index (χ0v) is 12.4. The van der Waals surface area contributed by atoms with Crippen molar-refractivity contribution in [3.05, 3.63) is 23.8 Å². The molecular formula is C15H22ClNO2. The summed E-state index contributed by atoms with van der Waals surface area (Å²) >= 11 is 5.84. The number of nitrogens with one attached hydrogen (secondary N) is 1. The summed E-state index contributed by atoms with van der Waals surface area (Å²) in [6.45, 7) is 1.90. The van der Waals surface area contributed by atoms with Crippen LogP contribution in [0.2, 0.25) is 0 Å². The lowest BCUT2D eigenvalue weighted by atomic mass is 10.0. The lowest BCUT2D eigenvalue weighted by Crippen LogP contribution is -2.24. The zero-order chi connectivity index (χ0) is 13.7. The lowest BCUT2D eigenvalue weighted by Gasteiger charge is -2.15. The summed E-state index contributed by atoms with van der Waals surface area (Å²) in [6.07, 6.45) is 3.73. The van der Waals surface area contributed by atoms with Crippen LogP contribution in [0, 0.1) is 5.41 Å². The molecule has 0 aliphatic heterocycles. The van der Waals surface area contributed by atoms with E-state index < -0.39 is 0 Å². The van der Waals surface area contributed by atoms with E-state index in [0.717, 1.165) is 36.9 Å². The van der Waals surface area contributed by atoms with Gasteiger partial charge in [-0.05, 0) is 42.4 Å². The van der Waals surface area contributed by atoms with Gasteiger partial charge in [0, 0.05) is 19.0 Å². The van der Waals surface area contributed by atoms with E-state index in [4.69, 9.17) is 21.1 Å². The number of alkyl halides is 1. The molecular weight excluding hydrogens is 262 g/mol. The summed E-state index contributed by atoms with van der Waals surface area (Å²) in [5.41, 5.74) is 1.68. The van der Waals surface area contributed by atoms with Crippen LogP contribution in [-0.2, 0) is 6.54 Å². The van der Waals surface area contributed by atoms with Crippen LogP contribution >= 0.6 is 11.6 Å². The van der Waals surface area contributed by atoms with Crippen molar-refractivity contribution >= 4 is 11.6 Å². The van der Waals surface area contributed by atoms with Crippen molar-refractivity contribution in [3.63, 3.8) is 0 Å². The Morgan fingerprint density at radius 3 is 2.53 bits per heavy atom. The van der Waals surface area contributed by atoms with Gasteiger partial charge in [-0.2, -0.15) is 0 Å². The SMILES string of the molecule is COc1ccc(CNCC2(CCCl)CC2)cc1OC. The number of rotatable bonds is 8. The van der Waals surface area contributed by atoms with Crippen molar-refractivity contribution in [1.82, 2.24) is 5.32 Å². The van der Waals surface area contributed by atoms with Crippen LogP contribution in [0.25, 0.3) is 0 Å². The molecule has 4 heteroatoms. The van der Waals surface area contributed by atoms with Gasteiger partial charge in [-0.3, -0.25) is 0 Å². The first-order chi connectivity index (χ1) is 9.23. The summed E-state index contributed by atoms with van der Waals surface area (Å²) in [5.74, 6) is 2.31. The first kappa shape index (κ1) is 14.5. The van der Waals surface area contributed by atoms with E-state index >= 15 is 0 Å². The second-order valence-corrected chi connectivity index (χ2v) is 5.61. The number of halogens is 1. The van der Waals surface area contributed by atoms with E-state index in [2.05, 4.69) is 11.4 Å². The molecule has 1 N–H and O–H groups in total. The molecule has 1 saturated carbocycles. The molecule has 1 aromatic carbocycles. The molecule has 0 radical (unpaired) electrons. The fourth-order valence-corrected chi connectivity index (χ4v) is 2.76. The van der Waals surface area contributed by atoms with Crippen molar-refractivity contribution in [1.29, 1.82) is 0 Å². The number of benzene rings is 1. The van der Waals surface area contributed by atoms with Crippen LogP contribution in [0.4, 0.5) is 0 Å². The third kappa shape index (κ3) is 3.77. The molecule has 3 nitrogen and oxygen atoms in total. The highest BCUT2D eigenvalue weighted by atomic mass is 35.5. The minimum absolute atomic E-state index is 0.471. The molecule has 0 amide bonds. The maximum atomic E-state index is 5.84. The van der Waals surface area contributed by atoms with E-state index in [9.17, 15) is 0 Å². The first-order valence-corrected chi connectivity index (χ1v) is 7.24. The van der Waals surface area contributed by atoms with Gasteiger partial charge < -0.3 is 14.8 Å². The number of hydrogen-bond donors (Lipinski definition) is 1. The highest BCUT2D eigenvalue weighted by Crippen LogP contribution is 2.48. The fraction of sp³-hybridized carbons (Fsp3) is 0.600. The second-order valence-electron chi connectivity index (χ2n) is 5.23. The summed E-state index contributed by atoms with van der Waals surface area (Å²) in [5, 5.41) is 3.52. The molecule has 106 valence electrons. The minimum Gasteiger partial charge on any atom is -0.493 e. The van der Waals surface area contributed by atoms with E-state index in [-0.39, 0.29) is 0 Å². The molecule has 0 atom stereocenters. The average Bonchev–Trinajstić information content (AvgIpc) is 3.19. The predicted octanol–water partition coefficient (Wildman–Crippen LogP) is 3.20. The smallest absolute Gasteiger partial charge is 0.161 e. The fourth-order valence-electron chi connectivity index (χ4n) is 2.35. The molecule has 1 aromatic rings. The Balaban J connectivity index is 1.86. The average molecular weight is 284 g/mol. The summed E-state index contributed by atoms with van der Waals surface area (Å²) in [6, 6.07) is 6.03. The Morgan fingerprint density at radius 2 is 1.95 bits per heavy atom. The third-order valence-electron chi connectivity index (χ3n) is 3.86. The molecule has 1 aliphatic carbocycles. The van der Waals surface area contributed by atoms with Crippen LogP contribution in [0.1, 0.15) is 24.8 Å². The third-order valence-corrected chi connectivity index (χ3v) is 4.05. The summed E-state index contributed by atoms with van der Waals surface area (Å²) in [4.78, 5) is 0. The normalized spacial score (nSPS) is 16.2. The van der Waals surface area contributed by atoms with Gasteiger partial charge >= 0.3 is 0 Å². The summed E-state index contributed by atoms with van der Waals surface area (Å²) < 4.78 is 10.5.